The van der Waals surface area contributed by atoms with Crippen LogP contribution in [0.1, 0.15) is 42.2 Å². The summed E-state index contributed by atoms with van der Waals surface area (Å²) in [5, 5.41) is 7.19. The molecule has 0 bridgehead atoms. The third-order valence-electron chi connectivity index (χ3n) is 5.39. The number of aromatic nitrogens is 3. The highest BCUT2D eigenvalue weighted by Crippen LogP contribution is 2.39. The highest BCUT2D eigenvalue weighted by atomic mass is 32.1. The first-order chi connectivity index (χ1) is 14.1. The van der Waals surface area contributed by atoms with Crippen LogP contribution in [0.5, 0.6) is 0 Å². The van der Waals surface area contributed by atoms with Gasteiger partial charge in [-0.2, -0.15) is 0 Å². The number of pyridine rings is 2. The molecule has 29 heavy (non-hydrogen) atoms. The lowest BCUT2D eigenvalue weighted by atomic mass is 9.82. The fraction of sp³-hybridized carbons (Fsp3) is 0.364. The van der Waals surface area contributed by atoms with E-state index in [-0.39, 0.29) is 11.8 Å². The Balaban J connectivity index is 1.45. The number of hydrogen-bond donors (Lipinski definition) is 2. The number of nitrogens with zero attached hydrogens (tertiary/aromatic N) is 3. The van der Waals surface area contributed by atoms with Gasteiger partial charge >= 0.3 is 0 Å². The molecule has 1 aliphatic carbocycles. The van der Waals surface area contributed by atoms with Crippen molar-refractivity contribution in [3.63, 3.8) is 0 Å². The summed E-state index contributed by atoms with van der Waals surface area (Å²) < 4.78 is 0. The summed E-state index contributed by atoms with van der Waals surface area (Å²) >= 11 is 1.71. The SMILES string of the molecule is CNC(=O)[C@H]1CC[C@H](c2ncc(-c3cccc(Nc4cc(C)ccn4)n3)s2)CC1. The van der Waals surface area contributed by atoms with Gasteiger partial charge in [-0.25, -0.2) is 15.0 Å². The minimum absolute atomic E-state index is 0.148. The zero-order valence-corrected chi connectivity index (χ0v) is 17.5. The predicted octanol–water partition coefficient (Wildman–Crippen LogP) is 4.67. The Kier molecular flexibility index (Phi) is 5.85. The van der Waals surface area contributed by atoms with Crippen molar-refractivity contribution in [3.05, 3.63) is 53.3 Å². The quantitative estimate of drug-likeness (QED) is 0.642. The Labute approximate surface area is 174 Å². The Morgan fingerprint density at radius 3 is 2.69 bits per heavy atom. The van der Waals surface area contributed by atoms with Crippen molar-refractivity contribution in [2.75, 3.05) is 12.4 Å². The Hall–Kier alpha value is -2.80. The summed E-state index contributed by atoms with van der Waals surface area (Å²) in [7, 11) is 1.71. The van der Waals surface area contributed by atoms with Gasteiger partial charge in [0.1, 0.15) is 11.6 Å². The van der Waals surface area contributed by atoms with Crippen LogP contribution in [0.15, 0.2) is 42.7 Å². The summed E-state index contributed by atoms with van der Waals surface area (Å²) in [4.78, 5) is 26.7. The minimum Gasteiger partial charge on any atom is -0.359 e. The Morgan fingerprint density at radius 2 is 1.93 bits per heavy atom. The molecule has 3 aromatic heterocycles. The van der Waals surface area contributed by atoms with Gasteiger partial charge in [-0.1, -0.05) is 6.07 Å². The van der Waals surface area contributed by atoms with Crippen molar-refractivity contribution < 1.29 is 4.79 Å². The van der Waals surface area contributed by atoms with Crippen LogP contribution in [-0.4, -0.2) is 27.9 Å². The van der Waals surface area contributed by atoms with Crippen LogP contribution in [0.25, 0.3) is 10.6 Å². The molecular formula is C22H25N5OS. The molecule has 1 saturated carbocycles. The molecule has 0 atom stereocenters. The minimum atomic E-state index is 0.148. The molecule has 3 heterocycles. The number of thiazole rings is 1. The van der Waals surface area contributed by atoms with Gasteiger partial charge in [-0.15, -0.1) is 11.3 Å². The normalized spacial score (nSPS) is 19.0. The van der Waals surface area contributed by atoms with Crippen molar-refractivity contribution in [3.8, 4) is 10.6 Å². The van der Waals surface area contributed by atoms with E-state index in [0.717, 1.165) is 58.5 Å². The number of nitrogens with one attached hydrogen (secondary N) is 2. The first-order valence-corrected chi connectivity index (χ1v) is 10.8. The van der Waals surface area contributed by atoms with Crippen LogP contribution in [0.4, 0.5) is 11.6 Å². The van der Waals surface area contributed by atoms with Crippen LogP contribution in [0.2, 0.25) is 0 Å². The lowest BCUT2D eigenvalue weighted by molar-refractivity contribution is -0.125. The van der Waals surface area contributed by atoms with Crippen molar-refractivity contribution in [2.45, 2.75) is 38.5 Å². The topological polar surface area (TPSA) is 79.8 Å². The van der Waals surface area contributed by atoms with E-state index >= 15 is 0 Å². The largest absolute Gasteiger partial charge is 0.359 e. The van der Waals surface area contributed by atoms with E-state index in [1.165, 1.54) is 0 Å². The summed E-state index contributed by atoms with van der Waals surface area (Å²) in [5.41, 5.74) is 2.06. The smallest absolute Gasteiger partial charge is 0.222 e. The van der Waals surface area contributed by atoms with E-state index in [9.17, 15) is 4.79 Å². The van der Waals surface area contributed by atoms with E-state index in [0.29, 0.717) is 5.92 Å². The second kappa shape index (κ2) is 8.69. The average molecular weight is 408 g/mol. The standard InChI is InChI=1S/C22H25N5OS/c1-14-10-11-24-20(12-14)27-19-5-3-4-17(26-19)18-13-25-22(29-18)16-8-6-15(7-9-16)21(28)23-2/h3-5,10-13,15-16H,6-9H2,1-2H3,(H,23,28)(H,24,26,27)/t15-,16-. The van der Waals surface area contributed by atoms with Gasteiger partial charge in [0.25, 0.3) is 0 Å². The summed E-state index contributed by atoms with van der Waals surface area (Å²) in [6.45, 7) is 2.04. The highest BCUT2D eigenvalue weighted by Gasteiger charge is 2.28. The van der Waals surface area contributed by atoms with Crippen LogP contribution in [-0.2, 0) is 4.79 Å². The number of amides is 1. The van der Waals surface area contributed by atoms with Gasteiger partial charge in [0, 0.05) is 31.3 Å². The van der Waals surface area contributed by atoms with E-state index < -0.39 is 0 Å². The van der Waals surface area contributed by atoms with Crippen LogP contribution < -0.4 is 10.6 Å². The molecule has 7 heteroatoms. The second-order valence-corrected chi connectivity index (χ2v) is 8.54. The number of aryl methyl sites for hydroxylation is 1. The van der Waals surface area contributed by atoms with Gasteiger partial charge in [0.15, 0.2) is 0 Å². The molecule has 0 aliphatic heterocycles. The molecule has 150 valence electrons. The summed E-state index contributed by atoms with van der Waals surface area (Å²) in [5.74, 6) is 2.30. The molecule has 0 radical (unpaired) electrons. The maximum atomic E-state index is 11.8. The monoisotopic (exact) mass is 407 g/mol. The van der Waals surface area contributed by atoms with Crippen LogP contribution in [0.3, 0.4) is 0 Å². The number of carbonyl (C=O) groups excluding carboxylic acids is 1. The van der Waals surface area contributed by atoms with Crippen LogP contribution >= 0.6 is 11.3 Å². The molecule has 6 nitrogen and oxygen atoms in total. The van der Waals surface area contributed by atoms with Crippen molar-refractivity contribution in [1.29, 1.82) is 0 Å². The number of carbonyl (C=O) groups is 1. The zero-order chi connectivity index (χ0) is 20.2. The Morgan fingerprint density at radius 1 is 1.10 bits per heavy atom. The Bertz CT molecular complexity index is 994. The molecular weight excluding hydrogens is 382 g/mol. The molecule has 1 fully saturated rings. The lowest BCUT2D eigenvalue weighted by Gasteiger charge is -2.25. The van der Waals surface area contributed by atoms with Crippen molar-refractivity contribution in [2.24, 2.45) is 5.92 Å². The molecule has 2 N–H and O–H groups in total. The number of rotatable bonds is 5. The molecule has 1 aliphatic rings. The predicted molar refractivity (Wildman–Crippen MR) is 116 cm³/mol. The number of anilines is 2. The fourth-order valence-corrected chi connectivity index (χ4v) is 4.84. The average Bonchev–Trinajstić information content (AvgIpc) is 3.24. The summed E-state index contributed by atoms with van der Waals surface area (Å²) in [6.07, 6.45) is 7.59. The first-order valence-electron chi connectivity index (χ1n) is 9.97. The first kappa shape index (κ1) is 19.5. The van der Waals surface area contributed by atoms with Crippen LogP contribution in [0, 0.1) is 12.8 Å². The maximum absolute atomic E-state index is 11.8. The zero-order valence-electron chi connectivity index (χ0n) is 16.7. The van der Waals surface area contributed by atoms with Gasteiger partial charge in [-0.3, -0.25) is 4.79 Å². The maximum Gasteiger partial charge on any atom is 0.222 e. The highest BCUT2D eigenvalue weighted by molar-refractivity contribution is 7.15. The van der Waals surface area contributed by atoms with E-state index in [1.54, 1.807) is 24.6 Å². The molecule has 0 spiro atoms. The fourth-order valence-electron chi connectivity index (χ4n) is 3.78. The molecule has 0 aromatic carbocycles. The molecule has 3 aromatic rings. The van der Waals surface area contributed by atoms with Gasteiger partial charge in [-0.05, 0) is 62.4 Å². The molecule has 0 saturated heterocycles. The third-order valence-corrected chi connectivity index (χ3v) is 6.57. The second-order valence-electron chi connectivity index (χ2n) is 7.48. The van der Waals surface area contributed by atoms with Gasteiger partial charge in [0.05, 0.1) is 15.6 Å². The third kappa shape index (κ3) is 4.62. The van der Waals surface area contributed by atoms with E-state index in [1.807, 2.05) is 43.5 Å². The van der Waals surface area contributed by atoms with Crippen molar-refractivity contribution in [1.82, 2.24) is 20.3 Å². The summed E-state index contributed by atoms with van der Waals surface area (Å²) in [6, 6.07) is 9.91. The molecule has 1 amide bonds. The van der Waals surface area contributed by atoms with E-state index in [2.05, 4.69) is 20.6 Å². The van der Waals surface area contributed by atoms with Gasteiger partial charge < -0.3 is 10.6 Å². The van der Waals surface area contributed by atoms with E-state index in [4.69, 9.17) is 4.98 Å². The van der Waals surface area contributed by atoms with Crippen molar-refractivity contribution >= 4 is 28.9 Å². The van der Waals surface area contributed by atoms with Gasteiger partial charge in [0.2, 0.25) is 5.91 Å². The lowest BCUT2D eigenvalue weighted by Crippen LogP contribution is -2.30. The molecule has 0 unspecified atom stereocenters. The molecule has 4 rings (SSSR count). The number of hydrogen-bond acceptors (Lipinski definition) is 6.